The summed E-state index contributed by atoms with van der Waals surface area (Å²) < 4.78 is 6.73. The van der Waals surface area contributed by atoms with Crippen molar-refractivity contribution in [3.05, 3.63) is 45.4 Å². The molecule has 28 heavy (non-hydrogen) atoms. The zero-order chi connectivity index (χ0) is 20.3. The summed E-state index contributed by atoms with van der Waals surface area (Å²) in [5.41, 5.74) is 1.61. The lowest BCUT2D eigenvalue weighted by molar-refractivity contribution is -0.114. The van der Waals surface area contributed by atoms with Crippen molar-refractivity contribution in [3.8, 4) is 5.75 Å². The Balaban J connectivity index is 1.47. The summed E-state index contributed by atoms with van der Waals surface area (Å²) in [6.45, 7) is 1.44. The van der Waals surface area contributed by atoms with Crippen molar-refractivity contribution in [2.24, 2.45) is 0 Å². The van der Waals surface area contributed by atoms with Crippen molar-refractivity contribution < 1.29 is 19.4 Å². The van der Waals surface area contributed by atoms with Crippen LogP contribution in [0, 0.1) is 0 Å². The molecule has 0 spiro atoms. The molecule has 0 saturated carbocycles. The van der Waals surface area contributed by atoms with E-state index in [9.17, 15) is 14.7 Å². The molecule has 1 atom stereocenters. The third-order valence-electron chi connectivity index (χ3n) is 3.73. The molecule has 7 nitrogen and oxygen atoms in total. The Kier molecular flexibility index (Phi) is 6.46. The Morgan fingerprint density at radius 1 is 1.29 bits per heavy atom. The molecule has 3 aromatic rings. The fourth-order valence-corrected chi connectivity index (χ4v) is 3.92. The van der Waals surface area contributed by atoms with Crippen molar-refractivity contribution in [3.63, 3.8) is 0 Å². The van der Waals surface area contributed by atoms with E-state index in [1.807, 2.05) is 0 Å². The number of aromatic amines is 1. The highest BCUT2D eigenvalue weighted by Crippen LogP contribution is 2.38. The van der Waals surface area contributed by atoms with E-state index in [0.717, 1.165) is 4.70 Å². The topological polar surface area (TPSA) is 103 Å². The first-order valence-corrected chi connectivity index (χ1v) is 9.84. The molecular formula is C18H17Cl2N3O4S. The minimum atomic E-state index is -0.895. The average Bonchev–Trinajstić information content (AvgIpc) is 3.18. The average molecular weight is 442 g/mol. The molecule has 2 aromatic heterocycles. The van der Waals surface area contributed by atoms with Crippen LogP contribution in [0.1, 0.15) is 17.4 Å². The van der Waals surface area contributed by atoms with Crippen molar-refractivity contribution in [1.82, 2.24) is 10.3 Å². The number of anilines is 1. The number of carbonyl (C=O) groups excluding carboxylic acids is 2. The van der Waals surface area contributed by atoms with E-state index in [-0.39, 0.29) is 25.0 Å². The van der Waals surface area contributed by atoms with Crippen LogP contribution in [0.3, 0.4) is 0 Å². The molecule has 148 valence electrons. The van der Waals surface area contributed by atoms with Gasteiger partial charge in [-0.1, -0.05) is 23.2 Å². The van der Waals surface area contributed by atoms with Gasteiger partial charge in [-0.3, -0.25) is 9.59 Å². The predicted octanol–water partition coefficient (Wildman–Crippen LogP) is 3.66. The monoisotopic (exact) mass is 441 g/mol. The van der Waals surface area contributed by atoms with Crippen LogP contribution < -0.4 is 15.4 Å². The standard InChI is InChI=1S/C18H17Cl2N3O4S/c1-9(24)22-10-2-4-12(5-3-10)27-8-11(25)7-21-18(26)13-6-14-16(23-13)15(19)17(20)28-14/h2-6,11,23,25H,7-8H2,1H3,(H,21,26)(H,22,24). The summed E-state index contributed by atoms with van der Waals surface area (Å²) >= 11 is 13.3. The Morgan fingerprint density at radius 3 is 2.64 bits per heavy atom. The number of fused-ring (bicyclic) bond motifs is 1. The Bertz CT molecular complexity index is 1000. The maximum atomic E-state index is 12.2. The van der Waals surface area contributed by atoms with Gasteiger partial charge in [0.1, 0.15) is 28.5 Å². The number of carbonyl (C=O) groups is 2. The highest BCUT2D eigenvalue weighted by molar-refractivity contribution is 7.23. The van der Waals surface area contributed by atoms with Crippen LogP contribution in [0.4, 0.5) is 5.69 Å². The van der Waals surface area contributed by atoms with Gasteiger partial charge >= 0.3 is 0 Å². The van der Waals surface area contributed by atoms with Gasteiger partial charge in [-0.05, 0) is 30.3 Å². The van der Waals surface area contributed by atoms with Gasteiger partial charge in [-0.25, -0.2) is 0 Å². The fourth-order valence-electron chi connectivity index (χ4n) is 2.44. The summed E-state index contributed by atoms with van der Waals surface area (Å²) in [7, 11) is 0. The van der Waals surface area contributed by atoms with Crippen LogP contribution in [0.2, 0.25) is 9.36 Å². The number of nitrogens with one attached hydrogen (secondary N) is 3. The van der Waals surface area contributed by atoms with Crippen LogP contribution in [0.15, 0.2) is 30.3 Å². The number of hydrogen-bond donors (Lipinski definition) is 4. The number of aliphatic hydroxyl groups excluding tert-OH is 1. The number of amides is 2. The number of aromatic nitrogens is 1. The number of aliphatic hydroxyl groups is 1. The lowest BCUT2D eigenvalue weighted by Crippen LogP contribution is -2.35. The Hall–Kier alpha value is -2.26. The van der Waals surface area contributed by atoms with E-state index in [0.29, 0.717) is 32.0 Å². The maximum absolute atomic E-state index is 12.2. The van der Waals surface area contributed by atoms with Crippen LogP contribution in [0.25, 0.3) is 10.2 Å². The van der Waals surface area contributed by atoms with Gasteiger partial charge < -0.3 is 25.5 Å². The van der Waals surface area contributed by atoms with Crippen molar-refractivity contribution in [2.45, 2.75) is 13.0 Å². The van der Waals surface area contributed by atoms with E-state index in [1.165, 1.54) is 18.3 Å². The molecule has 10 heteroatoms. The number of ether oxygens (including phenoxy) is 1. The summed E-state index contributed by atoms with van der Waals surface area (Å²) in [5.74, 6) is 0.0111. The molecule has 0 saturated heterocycles. The van der Waals surface area contributed by atoms with Crippen LogP contribution in [0.5, 0.6) is 5.75 Å². The van der Waals surface area contributed by atoms with Gasteiger partial charge in [0.25, 0.3) is 5.91 Å². The first-order valence-electron chi connectivity index (χ1n) is 8.26. The fraction of sp³-hybridized carbons (Fsp3) is 0.222. The second kappa shape index (κ2) is 8.83. The molecule has 1 unspecified atom stereocenters. The normalized spacial score (nSPS) is 12.0. The molecule has 1 aromatic carbocycles. The first-order chi connectivity index (χ1) is 13.3. The lowest BCUT2D eigenvalue weighted by Gasteiger charge is -2.13. The molecular weight excluding hydrogens is 425 g/mol. The minimum Gasteiger partial charge on any atom is -0.491 e. The molecule has 0 fully saturated rings. The van der Waals surface area contributed by atoms with Crippen molar-refractivity contribution in [2.75, 3.05) is 18.5 Å². The zero-order valence-electron chi connectivity index (χ0n) is 14.7. The van der Waals surface area contributed by atoms with Gasteiger partial charge in [0.05, 0.1) is 15.2 Å². The van der Waals surface area contributed by atoms with E-state index in [1.54, 1.807) is 30.3 Å². The molecule has 0 aliphatic carbocycles. The number of benzene rings is 1. The molecule has 3 rings (SSSR count). The number of halogens is 2. The van der Waals surface area contributed by atoms with E-state index >= 15 is 0 Å². The van der Waals surface area contributed by atoms with Gasteiger partial charge in [0.15, 0.2) is 0 Å². The highest BCUT2D eigenvalue weighted by Gasteiger charge is 2.16. The summed E-state index contributed by atoms with van der Waals surface area (Å²) in [5, 5.41) is 15.7. The molecule has 2 amide bonds. The molecule has 0 bridgehead atoms. The first kappa shape index (κ1) is 20.5. The second-order valence-corrected chi connectivity index (χ2v) is 8.02. The van der Waals surface area contributed by atoms with E-state index in [2.05, 4.69) is 15.6 Å². The number of rotatable bonds is 7. The number of H-pyrrole nitrogens is 1. The van der Waals surface area contributed by atoms with Crippen LogP contribution in [-0.2, 0) is 4.79 Å². The lowest BCUT2D eigenvalue weighted by atomic mass is 10.3. The van der Waals surface area contributed by atoms with Crippen molar-refractivity contribution >= 4 is 62.3 Å². The van der Waals surface area contributed by atoms with Gasteiger partial charge in [0.2, 0.25) is 5.91 Å². The largest absolute Gasteiger partial charge is 0.491 e. The Labute approximate surface area is 174 Å². The summed E-state index contributed by atoms with van der Waals surface area (Å²) in [6, 6.07) is 8.40. The molecule has 4 N–H and O–H groups in total. The smallest absolute Gasteiger partial charge is 0.267 e. The summed E-state index contributed by atoms with van der Waals surface area (Å²) in [4.78, 5) is 26.1. The van der Waals surface area contributed by atoms with Crippen LogP contribution >= 0.6 is 34.5 Å². The van der Waals surface area contributed by atoms with Gasteiger partial charge in [-0.15, -0.1) is 11.3 Å². The van der Waals surface area contributed by atoms with Crippen molar-refractivity contribution in [1.29, 1.82) is 0 Å². The quantitative estimate of drug-likeness (QED) is 0.448. The van der Waals surface area contributed by atoms with Gasteiger partial charge in [0, 0.05) is 19.2 Å². The second-order valence-electron chi connectivity index (χ2n) is 5.99. The molecule has 0 aliphatic rings. The molecule has 0 radical (unpaired) electrons. The van der Waals surface area contributed by atoms with Crippen LogP contribution in [-0.4, -0.2) is 41.2 Å². The third-order valence-corrected chi connectivity index (χ3v) is 5.67. The van der Waals surface area contributed by atoms with E-state index in [4.69, 9.17) is 27.9 Å². The minimum absolute atomic E-state index is 0.00101. The maximum Gasteiger partial charge on any atom is 0.267 e. The summed E-state index contributed by atoms with van der Waals surface area (Å²) in [6.07, 6.45) is -0.895. The van der Waals surface area contributed by atoms with Gasteiger partial charge in [-0.2, -0.15) is 0 Å². The number of hydrogen-bond acceptors (Lipinski definition) is 5. The highest BCUT2D eigenvalue weighted by atomic mass is 35.5. The SMILES string of the molecule is CC(=O)Nc1ccc(OCC(O)CNC(=O)c2cc3sc(Cl)c(Cl)c3[nH]2)cc1. The predicted molar refractivity (Wildman–Crippen MR) is 111 cm³/mol. The Morgan fingerprint density at radius 2 is 2.00 bits per heavy atom. The van der Waals surface area contributed by atoms with E-state index < -0.39 is 6.10 Å². The zero-order valence-corrected chi connectivity index (χ0v) is 17.0. The molecule has 0 aliphatic heterocycles. The third kappa shape index (κ3) is 4.96. The number of thiophene rings is 1. The molecule has 2 heterocycles.